The van der Waals surface area contributed by atoms with Crippen molar-refractivity contribution in [3.05, 3.63) is 114 Å². The number of aromatic amines is 1. The van der Waals surface area contributed by atoms with E-state index in [2.05, 4.69) is 63.1 Å². The highest BCUT2D eigenvalue weighted by Gasteiger charge is 2.47. The third-order valence-corrected chi connectivity index (χ3v) is 25.4. The average molecular weight is 1930 g/mol. The van der Waals surface area contributed by atoms with E-state index in [9.17, 15) is 83.4 Å². The Hall–Kier alpha value is -13.9. The molecule has 6 heterocycles. The highest BCUT2D eigenvalue weighted by Crippen LogP contribution is 2.29. The number of primary amides is 2. The number of hydrogen-bond donors (Lipinski definition) is 19. The van der Waals surface area contributed by atoms with Gasteiger partial charge in [0.25, 0.3) is 0 Å². The van der Waals surface area contributed by atoms with Crippen LogP contribution in [0.15, 0.2) is 102 Å². The SMILES string of the molecule is CCCC[C@H]1C(=O)N(C)[C@@H](CCCC)C(=O)N[C@@H](CCO)C(=O)N[C@H](C(=O)NCC(N)=O)CSCC(=O)N[C@@H](Cc2ccc(O)cc2)C(=O)N(C)[C@@H](C)C(=O)N[C@@H](CC(=O)O)C(=O)N2CCC[C@H]2C(=O)N[C@@H](CC2=CN=CC2)C(=O)N[C@@H](CCC(N)=O)C(=O)N2C[C@H](O)C[C@H]2C(=O)N[C@@H](Cc2c[nH]c3ccccc23)C(=O)N[C@@H](CO)C(=O)N[C@@H](Cc2cn(CC(=O)O)c3ccccc23)C(=O)N1C. The average Bonchev–Trinajstić information content (AvgIpc) is 1.64. The molecule has 46 heteroatoms. The Bertz CT molecular complexity index is 5340. The number of carboxylic acid groups (broad SMARTS) is 2. The number of aliphatic hydroxyl groups excluding tert-OH is 3. The molecule has 3 fully saturated rings. The molecule has 2 aromatic heterocycles. The molecule has 3 aromatic carbocycles. The Kier molecular flexibility index (Phi) is 39.5. The van der Waals surface area contributed by atoms with Gasteiger partial charge >= 0.3 is 11.9 Å². The maximum absolute atomic E-state index is 15.8. The maximum atomic E-state index is 15.8. The molecule has 45 nitrogen and oxygen atoms in total. The number of rotatable bonds is 27. The van der Waals surface area contributed by atoms with E-state index in [1.165, 1.54) is 74.7 Å². The lowest BCUT2D eigenvalue weighted by atomic mass is 10.00. The van der Waals surface area contributed by atoms with Crippen molar-refractivity contribution < 1.29 is 122 Å². The minimum Gasteiger partial charge on any atom is -0.508 e. The van der Waals surface area contributed by atoms with Crippen LogP contribution in [0.1, 0.15) is 134 Å². The minimum absolute atomic E-state index is 0.0857. The van der Waals surface area contributed by atoms with E-state index in [-0.39, 0.29) is 75.6 Å². The number of nitrogens with one attached hydrogen (secondary N) is 11. The number of benzene rings is 3. The number of aromatic hydroxyl groups is 1. The Morgan fingerprint density at radius 3 is 1.77 bits per heavy atom. The Balaban J connectivity index is 1.11. The van der Waals surface area contributed by atoms with Crippen molar-refractivity contribution in [2.75, 3.05) is 65.5 Å². The van der Waals surface area contributed by atoms with Crippen molar-refractivity contribution in [3.63, 3.8) is 0 Å². The van der Waals surface area contributed by atoms with Gasteiger partial charge in [0.1, 0.15) is 96.9 Å². The molecule has 742 valence electrons. The van der Waals surface area contributed by atoms with Crippen LogP contribution < -0.4 is 64.6 Å². The van der Waals surface area contributed by atoms with Gasteiger partial charge in [0.2, 0.25) is 100 Å². The maximum Gasteiger partial charge on any atom is 0.323 e. The number of H-pyrrole nitrogens is 1. The summed E-state index contributed by atoms with van der Waals surface area (Å²) in [5.41, 5.74) is 13.5. The number of fused-ring (bicyclic) bond motifs is 4. The van der Waals surface area contributed by atoms with Crippen molar-refractivity contribution in [1.82, 2.24) is 87.2 Å². The van der Waals surface area contributed by atoms with Gasteiger partial charge in [0.05, 0.1) is 31.4 Å². The number of carboxylic acids is 2. The first kappa shape index (κ1) is 107. The highest BCUT2D eigenvalue weighted by molar-refractivity contribution is 8.00. The van der Waals surface area contributed by atoms with E-state index in [1.54, 1.807) is 62.4 Å². The van der Waals surface area contributed by atoms with E-state index >= 15 is 38.4 Å². The third-order valence-electron chi connectivity index (χ3n) is 24.4. The van der Waals surface area contributed by atoms with Crippen LogP contribution in [0.4, 0.5) is 0 Å². The number of unbranched alkanes of at least 4 members (excludes halogenated alkanes) is 2. The van der Waals surface area contributed by atoms with Gasteiger partial charge in [-0.05, 0) is 98.4 Å². The zero-order valence-corrected chi connectivity index (χ0v) is 77.7. The van der Waals surface area contributed by atoms with Crippen LogP contribution in [0.3, 0.4) is 0 Å². The summed E-state index contributed by atoms with van der Waals surface area (Å²) in [6.07, 6.45) is 1.04. The van der Waals surface area contributed by atoms with Gasteiger partial charge in [-0.2, -0.15) is 0 Å². The third kappa shape index (κ3) is 29.3. The highest BCUT2D eigenvalue weighted by atomic mass is 32.2. The number of carbonyl (C=O) groups is 19. The van der Waals surface area contributed by atoms with E-state index < -0.39 is 292 Å². The molecule has 0 unspecified atom stereocenters. The number of likely N-dealkylation sites (N-methyl/N-ethyl adjacent to an activating group) is 3. The van der Waals surface area contributed by atoms with Crippen molar-refractivity contribution in [1.29, 1.82) is 0 Å². The van der Waals surface area contributed by atoms with Gasteiger partial charge in [0, 0.05) is 132 Å². The zero-order valence-electron chi connectivity index (χ0n) is 76.9. The molecule has 15 atom stereocenters. The zero-order chi connectivity index (χ0) is 100. The number of para-hydroxylation sites is 2. The smallest absolute Gasteiger partial charge is 0.323 e. The number of nitrogens with two attached hydrogens (primary N) is 2. The normalized spacial score (nSPS) is 25.0. The van der Waals surface area contributed by atoms with E-state index in [0.717, 1.165) is 31.5 Å². The number of hydrogen-bond acceptors (Lipinski definition) is 25. The molecular formula is C91H122N20O25S. The topological polar surface area (TPSA) is 667 Å². The van der Waals surface area contributed by atoms with Gasteiger partial charge in [-0.15, -0.1) is 11.8 Å². The van der Waals surface area contributed by atoms with Crippen LogP contribution in [-0.2, 0) is 117 Å². The van der Waals surface area contributed by atoms with Gasteiger partial charge in [-0.25, -0.2) is 0 Å². The number of aliphatic carboxylic acids is 2. The first-order chi connectivity index (χ1) is 65.2. The number of amides is 17. The van der Waals surface area contributed by atoms with Gasteiger partial charge in [0.15, 0.2) is 0 Å². The molecule has 0 aliphatic carbocycles. The molecule has 17 amide bonds. The summed E-state index contributed by atoms with van der Waals surface area (Å²) in [5, 5.41) is 90.1. The summed E-state index contributed by atoms with van der Waals surface area (Å²) >= 11 is 0.710. The number of aromatic nitrogens is 2. The van der Waals surface area contributed by atoms with Crippen molar-refractivity contribution >= 4 is 152 Å². The van der Waals surface area contributed by atoms with Crippen LogP contribution in [-0.4, -0.2) is 339 Å². The number of aliphatic imine (C=N–C) groups is 1. The van der Waals surface area contributed by atoms with Crippen molar-refractivity contribution in [2.24, 2.45) is 16.5 Å². The summed E-state index contributed by atoms with van der Waals surface area (Å²) in [6.45, 7) is 0.685. The lowest BCUT2D eigenvalue weighted by Crippen LogP contribution is -2.61. The van der Waals surface area contributed by atoms with E-state index in [1.807, 2.05) is 0 Å². The van der Waals surface area contributed by atoms with Crippen molar-refractivity contribution in [2.45, 2.75) is 234 Å². The second kappa shape index (κ2) is 50.6. The number of thioether (sulfide) groups is 1. The van der Waals surface area contributed by atoms with Crippen LogP contribution in [0.2, 0.25) is 0 Å². The Labute approximate surface area is 792 Å². The lowest BCUT2D eigenvalue weighted by molar-refractivity contribution is -0.149. The van der Waals surface area contributed by atoms with Gasteiger partial charge in [-0.1, -0.05) is 88.1 Å². The first-order valence-electron chi connectivity index (χ1n) is 45.2. The van der Waals surface area contributed by atoms with E-state index in [4.69, 9.17) is 11.5 Å². The van der Waals surface area contributed by atoms with Crippen LogP contribution in [0.5, 0.6) is 5.75 Å². The largest absolute Gasteiger partial charge is 0.508 e. The molecule has 137 heavy (non-hydrogen) atoms. The molecule has 21 N–H and O–H groups in total. The summed E-state index contributed by atoms with van der Waals surface area (Å²) in [5.74, 6) is -21.7. The fourth-order valence-electron chi connectivity index (χ4n) is 16.8. The number of phenols is 1. The number of nitrogens with zero attached hydrogens (tertiary/aromatic N) is 7. The molecule has 0 radical (unpaired) electrons. The van der Waals surface area contributed by atoms with Crippen molar-refractivity contribution in [3.8, 4) is 5.75 Å². The molecule has 3 saturated heterocycles. The molecule has 0 saturated carbocycles. The van der Waals surface area contributed by atoms with Gasteiger partial charge < -0.3 is 129 Å². The Morgan fingerprint density at radius 2 is 1.13 bits per heavy atom. The molecule has 4 aliphatic rings. The fourth-order valence-corrected chi connectivity index (χ4v) is 17.7. The number of aliphatic hydroxyl groups is 3. The summed E-state index contributed by atoms with van der Waals surface area (Å²) in [6, 6.07) is -4.84. The number of carbonyl (C=O) groups excluding carboxylic acids is 17. The predicted octanol–water partition coefficient (Wildman–Crippen LogP) is -3.65. The standard InChI is InChI=1S/C91H122N20O25S/c1-7-9-19-69-84(129)98-59(30-33-112)80(125)105-67(79(124)96-42-74(93)117)47-137-48-75(118)97-63(34-50-23-25-54(114)26-24-50)87(132)106(4)49(3)78(123)102-65(39-76(119)120)90(135)110-32-15-22-70(110)85(130)100-61(35-51-29-31-94-40-51)81(126)99-60(27-28-73(92)116)89(134)111-44-55(115)38-72(111)86(131)101-62(36-52-41-95-58-18-13-11-16-56(52)58)82(127)104-66(46-113)83(128)103-64(88(133)108(6)71(20-10-8-2)91(136)107(69)5)37-53-43-109(45-77(121)122)68-21-14-12-17-57(53)68/h11-14,16-18,21,23-26,31,40-41,43,49,55,59-67,69-72,95,112-115H,7-10,15,19-20,22,27-30,32-39,42,44-48H2,1-6H3,(H2,92,116)(H2,93,117)(H,96,124)(H,97,118)(H,98,129)(H,99,126)(H,100,130)(H,101,131)(H,102,123)(H,103,128)(H,104,127)(H,105,125)(H,119,120)(H,121,122)/t49-,55+,59-,60-,61-,62-,63-,64-,65-,66-,67-,69-,70-,71-,72-/m0/s1. The van der Waals surface area contributed by atoms with E-state index in [0.29, 0.717) is 63.1 Å². The van der Waals surface area contributed by atoms with Gasteiger partial charge in [-0.3, -0.25) is 96.1 Å². The lowest BCUT2D eigenvalue weighted by Gasteiger charge is -2.36. The quantitative estimate of drug-likeness (QED) is 0.0241. The van der Waals surface area contributed by atoms with Crippen LogP contribution in [0.25, 0.3) is 21.8 Å². The molecule has 0 spiro atoms. The Morgan fingerprint density at radius 1 is 0.555 bits per heavy atom. The van der Waals surface area contributed by atoms with Crippen LogP contribution in [0, 0.1) is 0 Å². The molecule has 0 bridgehead atoms. The molecule has 9 rings (SSSR count). The summed E-state index contributed by atoms with van der Waals surface area (Å²) in [7, 11) is 3.70. The second-order valence-electron chi connectivity index (χ2n) is 34.4. The summed E-state index contributed by atoms with van der Waals surface area (Å²) < 4.78 is 1.38. The van der Waals surface area contributed by atoms with Crippen LogP contribution >= 0.6 is 11.8 Å². The summed E-state index contributed by atoms with van der Waals surface area (Å²) in [4.78, 5) is 286. The fraction of sp³-hybridized carbons (Fsp3) is 0.516. The number of phenolic OH excluding ortho intramolecular Hbond substituents is 1. The first-order valence-corrected chi connectivity index (χ1v) is 46.4. The molecule has 4 aliphatic heterocycles. The monoisotopic (exact) mass is 1930 g/mol. The molecule has 5 aromatic rings. The molecular weight excluding hydrogens is 1810 g/mol. The minimum atomic E-state index is -2.01. The predicted molar refractivity (Wildman–Crippen MR) is 495 cm³/mol. The second-order valence-corrected chi connectivity index (χ2v) is 35.4.